The van der Waals surface area contributed by atoms with Gasteiger partial charge in [-0.15, -0.1) is 93.0 Å². The minimum atomic E-state index is -0.455. The zero-order valence-electron chi connectivity index (χ0n) is 76.8. The summed E-state index contributed by atoms with van der Waals surface area (Å²) in [5.74, 6) is 1.91. The van der Waals surface area contributed by atoms with E-state index in [2.05, 4.69) is 387 Å². The zero-order chi connectivity index (χ0) is 88.4. The van der Waals surface area contributed by atoms with Gasteiger partial charge < -0.3 is 0 Å². The van der Waals surface area contributed by atoms with Crippen molar-refractivity contribution in [2.45, 2.75) is 163 Å². The number of aryl methyl sites for hydroxylation is 2. The predicted molar refractivity (Wildman–Crippen MR) is 525 cm³/mol. The Kier molecular flexibility index (Phi) is 26.2. The van der Waals surface area contributed by atoms with Gasteiger partial charge in [0.15, 0.2) is 0 Å². The van der Waals surface area contributed by atoms with E-state index in [0.29, 0.717) is 0 Å². The largest absolute Gasteiger partial charge is 2.00 e. The van der Waals surface area contributed by atoms with E-state index in [1.54, 1.807) is 0 Å². The van der Waals surface area contributed by atoms with E-state index in [0.717, 1.165) is 191 Å². The second kappa shape index (κ2) is 36.4. The quantitative estimate of drug-likeness (QED) is 0.161. The van der Waals surface area contributed by atoms with Crippen LogP contribution in [0.3, 0.4) is 0 Å². The van der Waals surface area contributed by atoms with Crippen molar-refractivity contribution in [2.75, 3.05) is 0 Å². The van der Waals surface area contributed by atoms with Crippen molar-refractivity contribution in [2.24, 2.45) is 30.0 Å². The van der Waals surface area contributed by atoms with Gasteiger partial charge in [0.25, 0.3) is 0 Å². The number of aromatic nitrogens is 4. The molecule has 0 spiro atoms. The van der Waals surface area contributed by atoms with Crippen molar-refractivity contribution in [3.05, 3.63) is 405 Å². The standard InChI is InChI=1S/C38H30N4.C29H30N2.C26H20N2.C24H20N2.4Pt/c1-37(2)27-15-11-13-25(23-27)26-14-12-16-28(24-26)38(3,4)36-40-34-32(42(36)30-19-9-6-10-20-30)22-21-31-33(34)39-35(37)41(31)29-17-7-5-8-18-29;1-27(2)19-30-25-15-7-8-16-26(25)31-20-28(3,4)22-12-10-14-24(18-22)29(5,6)23-13-9-11-21(27)17-23;1-25(2)19-11-12-20-22-21(19)27-23(25)17-9-5-7-15(13-17)16-8-6-10-18(14-16)24(28-22)26(20,3)4;1-15-9-19-13-21(11-15)22-12-16(2)10-20(14-22)18(4)26-24-8-6-5-7-23(24)25-17(19)3;;;;/h5-22H,1-4H3;7-16,19-20H,1-6H3;5-12H,1-4H3;5-12H,1-4H3;;;;/q4*-2;4*+2. The molecule has 14 aromatic carbocycles. The molecular formula is C117H100N10Pt4. The molecule has 0 aliphatic carbocycles. The van der Waals surface area contributed by atoms with Crippen molar-refractivity contribution < 1.29 is 84.3 Å². The summed E-state index contributed by atoms with van der Waals surface area (Å²) in [6.45, 7) is 39.4. The average Bonchev–Trinajstić information content (AvgIpc) is 1.56. The first-order chi connectivity index (χ1) is 60.8. The molecule has 0 radical (unpaired) electrons. The van der Waals surface area contributed by atoms with Crippen LogP contribution < -0.4 is 0 Å². The van der Waals surface area contributed by atoms with Crippen LogP contribution in [0.15, 0.2) is 297 Å². The van der Waals surface area contributed by atoms with Gasteiger partial charge in [-0.1, -0.05) is 184 Å². The Balaban J connectivity index is 0.000000135. The van der Waals surface area contributed by atoms with E-state index in [4.69, 9.17) is 39.9 Å². The fourth-order valence-electron chi connectivity index (χ4n) is 18.4. The van der Waals surface area contributed by atoms with E-state index in [9.17, 15) is 0 Å². The molecule has 0 unspecified atom stereocenters. The average molecular weight is 2430 g/mol. The van der Waals surface area contributed by atoms with Crippen LogP contribution in [-0.4, -0.2) is 54.4 Å². The zero-order valence-corrected chi connectivity index (χ0v) is 85.9. The van der Waals surface area contributed by atoms with Crippen LogP contribution in [0.5, 0.6) is 0 Å². The van der Waals surface area contributed by atoms with Crippen LogP contribution in [0.25, 0.3) is 66.8 Å². The number of hydrogen-bond donors (Lipinski definition) is 0. The van der Waals surface area contributed by atoms with Crippen molar-refractivity contribution in [3.63, 3.8) is 0 Å². The fourth-order valence-corrected chi connectivity index (χ4v) is 18.4. The van der Waals surface area contributed by atoms with Gasteiger partial charge >= 0.3 is 84.3 Å². The first-order valence-corrected chi connectivity index (χ1v) is 43.9. The van der Waals surface area contributed by atoms with Gasteiger partial charge in [0.2, 0.25) is 0 Å². The van der Waals surface area contributed by atoms with E-state index >= 15 is 0 Å². The van der Waals surface area contributed by atoms with Gasteiger partial charge in [0.1, 0.15) is 22.7 Å². The Labute approximate surface area is 829 Å². The predicted octanol–water partition coefficient (Wildman–Crippen LogP) is 28.1. The van der Waals surface area contributed by atoms with Crippen molar-refractivity contribution >= 4 is 91.5 Å². The van der Waals surface area contributed by atoms with Crippen LogP contribution in [-0.2, 0) is 122 Å². The first kappa shape index (κ1) is 94.4. The molecule has 0 atom stereocenters. The molecule has 658 valence electrons. The summed E-state index contributed by atoms with van der Waals surface area (Å²) in [4.78, 5) is 40.6. The van der Waals surface area contributed by atoms with Gasteiger partial charge in [-0.25, -0.2) is 21.1 Å². The van der Waals surface area contributed by atoms with Crippen molar-refractivity contribution in [1.29, 1.82) is 0 Å². The second-order valence-corrected chi connectivity index (χ2v) is 38.1. The van der Waals surface area contributed by atoms with Crippen LogP contribution in [0.2, 0.25) is 0 Å². The number of aliphatic imine (C=N–C) groups is 6. The Morgan fingerprint density at radius 3 is 0.939 bits per heavy atom. The fraction of sp³-hybridized carbons (Fsp3) is 0.214. The Hall–Kier alpha value is -11.2. The molecule has 22 rings (SSSR count). The van der Waals surface area contributed by atoms with Crippen LogP contribution in [0.1, 0.15) is 200 Å². The number of para-hydroxylation sites is 6. The summed E-state index contributed by atoms with van der Waals surface area (Å²) in [7, 11) is 0. The molecule has 16 aromatic rings. The number of benzene rings is 14. The molecule has 131 heavy (non-hydrogen) atoms. The summed E-state index contributed by atoms with van der Waals surface area (Å²) in [5.41, 5.74) is 35.4. The molecule has 6 aliphatic heterocycles. The maximum Gasteiger partial charge on any atom is 2.00 e. The minimum absolute atomic E-state index is 0. The molecular weight excluding hydrogens is 2330 g/mol. The van der Waals surface area contributed by atoms with Crippen molar-refractivity contribution in [3.8, 4) is 44.8 Å². The van der Waals surface area contributed by atoms with Crippen LogP contribution in [0.4, 0.5) is 34.1 Å². The number of hydrogen-bond acceptors (Lipinski definition) is 8. The number of fused-ring (bicyclic) bond motifs is 25. The summed E-state index contributed by atoms with van der Waals surface area (Å²) in [6, 6.07) is 122. The third kappa shape index (κ3) is 17.4. The molecule has 8 heterocycles. The van der Waals surface area contributed by atoms with Gasteiger partial charge in [-0.05, 0) is 114 Å². The maximum atomic E-state index is 5.46. The van der Waals surface area contributed by atoms with E-state index in [1.807, 2.05) is 74.8 Å². The Morgan fingerprint density at radius 1 is 0.252 bits per heavy atom. The van der Waals surface area contributed by atoms with Crippen molar-refractivity contribution in [1.82, 2.24) is 19.1 Å². The number of imidazole rings is 2. The van der Waals surface area contributed by atoms with E-state index < -0.39 is 10.8 Å². The summed E-state index contributed by atoms with van der Waals surface area (Å²) in [5, 5.41) is 0. The topological polar surface area (TPSA) is 110 Å². The van der Waals surface area contributed by atoms with Gasteiger partial charge in [0.05, 0.1) is 45.2 Å². The van der Waals surface area contributed by atoms with Gasteiger partial charge in [0, 0.05) is 56.3 Å². The normalized spacial score (nSPS) is 15.9. The monoisotopic (exact) mass is 2420 g/mol. The third-order valence-corrected chi connectivity index (χ3v) is 26.2. The molecule has 0 saturated carbocycles. The molecule has 24 bridgehead atoms. The van der Waals surface area contributed by atoms with Gasteiger partial charge in [-0.2, -0.15) is 178 Å². The maximum absolute atomic E-state index is 5.46. The molecule has 0 fully saturated rings. The number of rotatable bonds is 2. The second-order valence-electron chi connectivity index (χ2n) is 38.1. The summed E-state index contributed by atoms with van der Waals surface area (Å²) >= 11 is 0. The molecule has 10 nitrogen and oxygen atoms in total. The Bertz CT molecular complexity index is 6920. The molecule has 0 saturated heterocycles. The summed E-state index contributed by atoms with van der Waals surface area (Å²) < 4.78 is 4.60. The molecule has 6 aliphatic rings. The summed E-state index contributed by atoms with van der Waals surface area (Å²) in [6.07, 6.45) is 4.03. The SMILES string of the molecule is CC1(C)C2=Nc3c1ccc1c3N=C(c3[c-]c(ccc3)-c3[c-]c2ccc3)C1(C)C.CC1(C)C=Nc2ccccc2N=CC(C)(C)c2[c-]c(ccc2)C(C)(C)c2[c-]c1ccc2.CC1(C)c2[c-]c(ccc2)-c2[c-]c(ccc2)C(C)(C)c2nc3c4nc1n(-c1ccccc1)c4ccc3n2-c1ccccc1.CC1=Nc2ccccc2N=C(C)c2[c-]c(cc(C)c2)-c2[c-]c1cc(C)c2.[Pt+2].[Pt+2].[Pt+2].[Pt+2]. The third-order valence-electron chi connectivity index (χ3n) is 26.2. The Morgan fingerprint density at radius 2 is 0.557 bits per heavy atom. The molecule has 14 heteroatoms. The molecule has 2 aromatic heterocycles. The molecule has 0 N–H and O–H groups in total. The van der Waals surface area contributed by atoms with Crippen LogP contribution in [0, 0.1) is 62.4 Å². The van der Waals surface area contributed by atoms with Crippen LogP contribution >= 0.6 is 0 Å². The number of nitrogens with zero attached hydrogens (tertiary/aromatic N) is 10. The molecule has 0 amide bonds. The van der Waals surface area contributed by atoms with Gasteiger partial charge in [-0.3, -0.25) is 39.1 Å². The minimum Gasteiger partial charge on any atom is -0.296 e. The first-order valence-electron chi connectivity index (χ1n) is 43.9. The smallest absolute Gasteiger partial charge is 0.296 e. The van der Waals surface area contributed by atoms with E-state index in [1.165, 1.54) is 22.3 Å². The van der Waals surface area contributed by atoms with E-state index in [-0.39, 0.29) is 111 Å².